The molecule has 0 aromatic heterocycles. The van der Waals surface area contributed by atoms with E-state index in [9.17, 15) is 4.79 Å². The Hall–Kier alpha value is -0.220. The maximum absolute atomic E-state index is 11.7. The zero-order chi connectivity index (χ0) is 11.9. The maximum Gasteiger partial charge on any atom is 0.326 e. The van der Waals surface area contributed by atoms with Gasteiger partial charge in [-0.3, -0.25) is 4.79 Å². The van der Waals surface area contributed by atoms with E-state index >= 15 is 0 Å². The fourth-order valence-electron chi connectivity index (χ4n) is 0.950. The molecule has 90 valence electrons. The van der Waals surface area contributed by atoms with Gasteiger partial charge in [-0.1, -0.05) is 13.8 Å². The van der Waals surface area contributed by atoms with E-state index in [4.69, 9.17) is 4.74 Å². The van der Waals surface area contributed by atoms with Gasteiger partial charge in [-0.25, -0.2) is 0 Å². The summed E-state index contributed by atoms with van der Waals surface area (Å²) in [5.41, 5.74) is -0.565. The molecule has 2 atom stereocenters. The van der Waals surface area contributed by atoms with E-state index in [0.717, 1.165) is 12.2 Å². The highest BCUT2D eigenvalue weighted by Gasteiger charge is 2.33. The molecule has 0 aromatic carbocycles. The predicted molar refractivity (Wildman–Crippen MR) is 66.3 cm³/mol. The molecule has 1 N–H and O–H groups in total. The summed E-state index contributed by atoms with van der Waals surface area (Å²) in [7, 11) is 1.80. The third-order valence-corrected chi connectivity index (χ3v) is 4.16. The minimum atomic E-state index is -0.565. The number of nitrogens with one attached hydrogen (secondary N) is 1. The van der Waals surface area contributed by atoms with Crippen LogP contribution in [0.2, 0.25) is 0 Å². The fraction of sp³-hybridized carbons (Fsp3) is 0.909. The first-order valence-electron chi connectivity index (χ1n) is 5.47. The summed E-state index contributed by atoms with van der Waals surface area (Å²) < 4.78 is 5.05. The van der Waals surface area contributed by atoms with Crippen LogP contribution in [-0.4, -0.2) is 36.2 Å². The number of esters is 1. The van der Waals surface area contributed by atoms with Crippen molar-refractivity contribution in [1.29, 1.82) is 0 Å². The van der Waals surface area contributed by atoms with Gasteiger partial charge in [-0.05, 0) is 27.3 Å². The van der Waals surface area contributed by atoms with Gasteiger partial charge in [0.25, 0.3) is 0 Å². The van der Waals surface area contributed by atoms with Crippen LogP contribution >= 0.6 is 11.8 Å². The van der Waals surface area contributed by atoms with Crippen LogP contribution in [0.4, 0.5) is 0 Å². The summed E-state index contributed by atoms with van der Waals surface area (Å²) in [6.07, 6.45) is 1.12. The SMILES string of the molecule is CCOC(=O)C(C)(CSC(C)CC)NC. The molecule has 15 heavy (non-hydrogen) atoms. The van der Waals surface area contributed by atoms with E-state index in [1.807, 2.05) is 13.8 Å². The van der Waals surface area contributed by atoms with Crippen LogP contribution in [0.1, 0.15) is 34.1 Å². The lowest BCUT2D eigenvalue weighted by Gasteiger charge is -2.27. The van der Waals surface area contributed by atoms with Crippen molar-refractivity contribution in [1.82, 2.24) is 5.32 Å². The Morgan fingerprint density at radius 1 is 1.53 bits per heavy atom. The molecule has 0 rings (SSSR count). The topological polar surface area (TPSA) is 38.3 Å². The van der Waals surface area contributed by atoms with Crippen LogP contribution in [0.25, 0.3) is 0 Å². The Morgan fingerprint density at radius 3 is 2.53 bits per heavy atom. The molecule has 0 aliphatic carbocycles. The van der Waals surface area contributed by atoms with Gasteiger partial charge >= 0.3 is 5.97 Å². The summed E-state index contributed by atoms with van der Waals surface area (Å²) >= 11 is 1.80. The number of thioether (sulfide) groups is 1. The van der Waals surface area contributed by atoms with Crippen LogP contribution in [-0.2, 0) is 9.53 Å². The molecule has 4 heteroatoms. The van der Waals surface area contributed by atoms with Crippen molar-refractivity contribution < 1.29 is 9.53 Å². The molecule has 0 radical (unpaired) electrons. The quantitative estimate of drug-likeness (QED) is 0.683. The van der Waals surface area contributed by atoms with Crippen LogP contribution in [0.15, 0.2) is 0 Å². The van der Waals surface area contributed by atoms with E-state index in [2.05, 4.69) is 19.2 Å². The largest absolute Gasteiger partial charge is 0.465 e. The number of likely N-dealkylation sites (N-methyl/N-ethyl adjacent to an activating group) is 1. The molecule has 0 aliphatic heterocycles. The minimum absolute atomic E-state index is 0.164. The first kappa shape index (κ1) is 14.8. The molecule has 0 fully saturated rings. The van der Waals surface area contributed by atoms with Gasteiger partial charge in [0.1, 0.15) is 5.54 Å². The van der Waals surface area contributed by atoms with Crippen molar-refractivity contribution in [3.8, 4) is 0 Å². The van der Waals surface area contributed by atoms with E-state index in [1.54, 1.807) is 18.8 Å². The third kappa shape index (κ3) is 4.89. The van der Waals surface area contributed by atoms with Crippen LogP contribution in [0.3, 0.4) is 0 Å². The summed E-state index contributed by atoms with van der Waals surface area (Å²) in [5, 5.41) is 3.62. The Morgan fingerprint density at radius 2 is 2.13 bits per heavy atom. The normalized spacial score (nSPS) is 16.9. The van der Waals surface area contributed by atoms with Crippen molar-refractivity contribution >= 4 is 17.7 Å². The third-order valence-electron chi connectivity index (χ3n) is 2.51. The van der Waals surface area contributed by atoms with Crippen LogP contribution < -0.4 is 5.32 Å². The van der Waals surface area contributed by atoms with Gasteiger partial charge in [0.15, 0.2) is 0 Å². The first-order chi connectivity index (χ1) is 7.00. The van der Waals surface area contributed by atoms with Gasteiger partial charge in [0.2, 0.25) is 0 Å². The smallest absolute Gasteiger partial charge is 0.326 e. The highest BCUT2D eigenvalue weighted by atomic mass is 32.2. The molecule has 0 spiro atoms. The molecule has 0 saturated carbocycles. The Bertz CT molecular complexity index is 199. The van der Waals surface area contributed by atoms with Gasteiger partial charge in [-0.2, -0.15) is 11.8 Å². The van der Waals surface area contributed by atoms with Crippen molar-refractivity contribution in [3.05, 3.63) is 0 Å². The van der Waals surface area contributed by atoms with Crippen LogP contribution in [0, 0.1) is 0 Å². The first-order valence-corrected chi connectivity index (χ1v) is 6.52. The van der Waals surface area contributed by atoms with E-state index < -0.39 is 5.54 Å². The van der Waals surface area contributed by atoms with E-state index in [0.29, 0.717) is 11.9 Å². The fourth-order valence-corrected chi connectivity index (χ4v) is 2.07. The number of hydrogen-bond acceptors (Lipinski definition) is 4. The predicted octanol–water partition coefficient (Wildman–Crippen LogP) is 2.06. The Kier molecular flexibility index (Phi) is 7.02. The minimum Gasteiger partial charge on any atom is -0.465 e. The molecule has 0 amide bonds. The zero-order valence-corrected chi connectivity index (χ0v) is 11.2. The number of rotatable bonds is 7. The van der Waals surface area contributed by atoms with Crippen molar-refractivity contribution in [3.63, 3.8) is 0 Å². The molecule has 0 bridgehead atoms. The molecular weight excluding hydrogens is 210 g/mol. The molecule has 0 aromatic rings. The summed E-state index contributed by atoms with van der Waals surface area (Å²) in [4.78, 5) is 11.7. The average Bonchev–Trinajstić information content (AvgIpc) is 2.25. The summed E-state index contributed by atoms with van der Waals surface area (Å²) in [6.45, 7) is 8.48. The van der Waals surface area contributed by atoms with Gasteiger partial charge in [0.05, 0.1) is 6.61 Å². The molecule has 0 saturated heterocycles. The average molecular weight is 233 g/mol. The standard InChI is InChI=1S/C11H23NO2S/c1-6-9(3)15-8-11(4,12-5)10(13)14-7-2/h9,12H,6-8H2,1-5H3. The lowest BCUT2D eigenvalue weighted by Crippen LogP contribution is -2.51. The van der Waals surface area contributed by atoms with Crippen LogP contribution in [0.5, 0.6) is 0 Å². The zero-order valence-electron chi connectivity index (χ0n) is 10.4. The molecule has 2 unspecified atom stereocenters. The molecule has 0 heterocycles. The van der Waals surface area contributed by atoms with Gasteiger partial charge < -0.3 is 10.1 Å². The molecule has 3 nitrogen and oxygen atoms in total. The number of carbonyl (C=O) groups excluding carboxylic acids is 1. The lowest BCUT2D eigenvalue weighted by atomic mass is 10.1. The number of hydrogen-bond donors (Lipinski definition) is 1. The van der Waals surface area contributed by atoms with Gasteiger partial charge in [-0.15, -0.1) is 0 Å². The second kappa shape index (κ2) is 7.12. The number of ether oxygens (including phenoxy) is 1. The second-order valence-electron chi connectivity index (χ2n) is 3.83. The van der Waals surface area contributed by atoms with E-state index in [-0.39, 0.29) is 5.97 Å². The second-order valence-corrected chi connectivity index (χ2v) is 5.26. The summed E-state index contributed by atoms with van der Waals surface area (Å²) in [5.74, 6) is 0.584. The van der Waals surface area contributed by atoms with E-state index in [1.165, 1.54) is 0 Å². The Balaban J connectivity index is 4.23. The van der Waals surface area contributed by atoms with Crippen molar-refractivity contribution in [2.24, 2.45) is 0 Å². The van der Waals surface area contributed by atoms with Crippen molar-refractivity contribution in [2.45, 2.75) is 44.9 Å². The number of carbonyl (C=O) groups is 1. The highest BCUT2D eigenvalue weighted by molar-refractivity contribution is 7.99. The molecular formula is C11H23NO2S. The van der Waals surface area contributed by atoms with Crippen molar-refractivity contribution in [2.75, 3.05) is 19.4 Å². The monoisotopic (exact) mass is 233 g/mol. The molecule has 0 aliphatic rings. The lowest BCUT2D eigenvalue weighted by molar-refractivity contribution is -0.149. The highest BCUT2D eigenvalue weighted by Crippen LogP contribution is 2.20. The maximum atomic E-state index is 11.7. The Labute approximate surface area is 97.3 Å². The van der Waals surface area contributed by atoms with Gasteiger partial charge in [0, 0.05) is 11.0 Å². The summed E-state index contributed by atoms with van der Waals surface area (Å²) in [6, 6.07) is 0.